The highest BCUT2D eigenvalue weighted by Crippen LogP contribution is 2.12. The SMILES string of the molecule is CNS(=O)(=O)c1ccc(/C=C/C(=O)NC(C)c2cccnc2)cc1. The third kappa shape index (κ3) is 4.74. The van der Waals surface area contributed by atoms with Crippen molar-refractivity contribution < 1.29 is 13.2 Å². The molecular formula is C17H19N3O3S. The second-order valence-corrected chi connectivity index (χ2v) is 7.01. The number of carbonyl (C=O) groups is 1. The van der Waals surface area contributed by atoms with Crippen LogP contribution in [0.4, 0.5) is 0 Å². The summed E-state index contributed by atoms with van der Waals surface area (Å²) in [6, 6.07) is 9.80. The Morgan fingerprint density at radius 2 is 1.92 bits per heavy atom. The Morgan fingerprint density at radius 3 is 2.50 bits per heavy atom. The molecule has 0 aliphatic carbocycles. The number of rotatable bonds is 6. The average molecular weight is 345 g/mol. The Kier molecular flexibility index (Phi) is 5.83. The fourth-order valence-electron chi connectivity index (χ4n) is 2.02. The van der Waals surface area contributed by atoms with E-state index in [1.165, 1.54) is 25.3 Å². The Balaban J connectivity index is 1.99. The molecule has 126 valence electrons. The van der Waals surface area contributed by atoms with Crippen molar-refractivity contribution in [3.05, 3.63) is 66.0 Å². The summed E-state index contributed by atoms with van der Waals surface area (Å²) < 4.78 is 25.5. The third-order valence-corrected chi connectivity index (χ3v) is 4.86. The number of nitrogens with one attached hydrogen (secondary N) is 2. The fraction of sp³-hybridized carbons (Fsp3) is 0.176. The van der Waals surface area contributed by atoms with E-state index in [4.69, 9.17) is 0 Å². The van der Waals surface area contributed by atoms with E-state index in [0.29, 0.717) is 0 Å². The molecule has 0 bridgehead atoms. The van der Waals surface area contributed by atoms with Gasteiger partial charge in [0.1, 0.15) is 0 Å². The van der Waals surface area contributed by atoms with Crippen LogP contribution in [0.15, 0.2) is 59.8 Å². The van der Waals surface area contributed by atoms with E-state index in [-0.39, 0.29) is 16.8 Å². The number of carbonyl (C=O) groups excluding carboxylic acids is 1. The minimum atomic E-state index is -3.45. The van der Waals surface area contributed by atoms with Crippen LogP contribution in [0.5, 0.6) is 0 Å². The standard InChI is InChI=1S/C17H19N3O3S/c1-13(15-4-3-11-19-12-15)20-17(21)10-7-14-5-8-16(9-6-14)24(22,23)18-2/h3-13,18H,1-2H3,(H,20,21)/b10-7+. The molecule has 1 heterocycles. The summed E-state index contributed by atoms with van der Waals surface area (Å²) in [6.07, 6.45) is 6.42. The monoisotopic (exact) mass is 345 g/mol. The Hall–Kier alpha value is -2.51. The molecule has 1 aromatic heterocycles. The molecule has 1 unspecified atom stereocenters. The van der Waals surface area contributed by atoms with Crippen LogP contribution in [-0.2, 0) is 14.8 Å². The van der Waals surface area contributed by atoms with Gasteiger partial charge in [0.25, 0.3) is 0 Å². The van der Waals surface area contributed by atoms with Gasteiger partial charge in [-0.2, -0.15) is 0 Å². The van der Waals surface area contributed by atoms with Gasteiger partial charge < -0.3 is 5.32 Å². The smallest absolute Gasteiger partial charge is 0.244 e. The molecule has 1 aromatic carbocycles. The second kappa shape index (κ2) is 7.85. The molecule has 1 amide bonds. The first kappa shape index (κ1) is 17.8. The minimum Gasteiger partial charge on any atom is -0.346 e. The van der Waals surface area contributed by atoms with Crippen molar-refractivity contribution in [2.24, 2.45) is 0 Å². The molecule has 2 N–H and O–H groups in total. The maximum absolute atomic E-state index is 11.9. The highest BCUT2D eigenvalue weighted by Gasteiger charge is 2.10. The van der Waals surface area contributed by atoms with Crippen LogP contribution >= 0.6 is 0 Å². The molecule has 7 heteroatoms. The summed E-state index contributed by atoms with van der Waals surface area (Å²) in [4.78, 5) is 16.1. The lowest BCUT2D eigenvalue weighted by Gasteiger charge is -2.11. The summed E-state index contributed by atoms with van der Waals surface area (Å²) >= 11 is 0. The van der Waals surface area contributed by atoms with Crippen molar-refractivity contribution in [3.63, 3.8) is 0 Å². The van der Waals surface area contributed by atoms with Gasteiger partial charge in [-0.25, -0.2) is 13.1 Å². The normalized spacial score (nSPS) is 12.9. The Labute approximate surface area is 141 Å². The zero-order valence-electron chi connectivity index (χ0n) is 13.4. The van der Waals surface area contributed by atoms with Crippen LogP contribution in [0.1, 0.15) is 24.1 Å². The molecule has 0 spiro atoms. The topological polar surface area (TPSA) is 88.2 Å². The van der Waals surface area contributed by atoms with Gasteiger partial charge in [0.05, 0.1) is 10.9 Å². The second-order valence-electron chi connectivity index (χ2n) is 5.13. The lowest BCUT2D eigenvalue weighted by molar-refractivity contribution is -0.117. The number of sulfonamides is 1. The molecule has 1 atom stereocenters. The first-order valence-corrected chi connectivity index (χ1v) is 8.83. The number of aromatic nitrogens is 1. The predicted octanol–water partition coefficient (Wildman–Crippen LogP) is 1.88. The molecule has 0 saturated carbocycles. The maximum Gasteiger partial charge on any atom is 0.244 e. The van der Waals surface area contributed by atoms with E-state index >= 15 is 0 Å². The van der Waals surface area contributed by atoms with E-state index in [0.717, 1.165) is 11.1 Å². The van der Waals surface area contributed by atoms with Crippen LogP contribution in [0.25, 0.3) is 6.08 Å². The van der Waals surface area contributed by atoms with E-state index in [9.17, 15) is 13.2 Å². The molecule has 24 heavy (non-hydrogen) atoms. The first-order chi connectivity index (χ1) is 11.4. The zero-order chi connectivity index (χ0) is 17.6. The van der Waals surface area contributed by atoms with Crippen molar-refractivity contribution >= 4 is 22.0 Å². The minimum absolute atomic E-state index is 0.154. The van der Waals surface area contributed by atoms with Gasteiger partial charge in [0.15, 0.2) is 0 Å². The number of hydrogen-bond donors (Lipinski definition) is 2. The lowest BCUT2D eigenvalue weighted by atomic mass is 10.1. The van der Waals surface area contributed by atoms with E-state index in [2.05, 4.69) is 15.0 Å². The summed E-state index contributed by atoms with van der Waals surface area (Å²) in [5, 5.41) is 2.84. The van der Waals surface area contributed by atoms with Gasteiger partial charge in [0, 0.05) is 18.5 Å². The van der Waals surface area contributed by atoms with E-state index < -0.39 is 10.0 Å². The van der Waals surface area contributed by atoms with Gasteiger partial charge in [-0.05, 0) is 49.4 Å². The van der Waals surface area contributed by atoms with Gasteiger partial charge in [-0.1, -0.05) is 18.2 Å². The highest BCUT2D eigenvalue weighted by atomic mass is 32.2. The summed E-state index contributed by atoms with van der Waals surface area (Å²) in [6.45, 7) is 1.88. The molecule has 0 aliphatic rings. The average Bonchev–Trinajstić information content (AvgIpc) is 2.61. The Bertz CT molecular complexity index is 816. The van der Waals surface area contributed by atoms with Crippen molar-refractivity contribution in [3.8, 4) is 0 Å². The van der Waals surface area contributed by atoms with Crippen LogP contribution in [0, 0.1) is 0 Å². The molecule has 0 radical (unpaired) electrons. The van der Waals surface area contributed by atoms with Crippen molar-refractivity contribution in [1.82, 2.24) is 15.0 Å². The Morgan fingerprint density at radius 1 is 1.21 bits per heavy atom. The lowest BCUT2D eigenvalue weighted by Crippen LogP contribution is -2.24. The molecule has 2 rings (SSSR count). The summed E-state index contributed by atoms with van der Waals surface area (Å²) in [5.41, 5.74) is 1.65. The molecule has 2 aromatic rings. The fourth-order valence-corrected chi connectivity index (χ4v) is 2.75. The number of hydrogen-bond acceptors (Lipinski definition) is 4. The number of pyridine rings is 1. The summed E-state index contributed by atoms with van der Waals surface area (Å²) in [5.74, 6) is -0.238. The zero-order valence-corrected chi connectivity index (χ0v) is 14.2. The number of amides is 1. The highest BCUT2D eigenvalue weighted by molar-refractivity contribution is 7.89. The predicted molar refractivity (Wildman–Crippen MR) is 92.5 cm³/mol. The van der Waals surface area contributed by atoms with Gasteiger partial charge >= 0.3 is 0 Å². The van der Waals surface area contributed by atoms with E-state index in [1.54, 1.807) is 30.6 Å². The van der Waals surface area contributed by atoms with Gasteiger partial charge in [0.2, 0.25) is 15.9 Å². The third-order valence-electron chi connectivity index (χ3n) is 3.43. The van der Waals surface area contributed by atoms with Crippen LogP contribution in [0.2, 0.25) is 0 Å². The summed E-state index contributed by atoms with van der Waals surface area (Å²) in [7, 11) is -2.09. The van der Waals surface area contributed by atoms with E-state index in [1.807, 2.05) is 19.1 Å². The van der Waals surface area contributed by atoms with Crippen molar-refractivity contribution in [2.45, 2.75) is 17.9 Å². The van der Waals surface area contributed by atoms with Crippen molar-refractivity contribution in [1.29, 1.82) is 0 Å². The van der Waals surface area contributed by atoms with Crippen LogP contribution < -0.4 is 10.0 Å². The quantitative estimate of drug-likeness (QED) is 0.783. The molecule has 0 fully saturated rings. The number of nitrogens with zero attached hydrogens (tertiary/aromatic N) is 1. The van der Waals surface area contributed by atoms with Crippen LogP contribution in [-0.4, -0.2) is 26.4 Å². The molecular weight excluding hydrogens is 326 g/mol. The number of benzene rings is 1. The van der Waals surface area contributed by atoms with Gasteiger partial charge in [-0.3, -0.25) is 9.78 Å². The van der Waals surface area contributed by atoms with Crippen LogP contribution in [0.3, 0.4) is 0 Å². The van der Waals surface area contributed by atoms with Crippen molar-refractivity contribution in [2.75, 3.05) is 7.05 Å². The van der Waals surface area contributed by atoms with Gasteiger partial charge in [-0.15, -0.1) is 0 Å². The first-order valence-electron chi connectivity index (χ1n) is 7.34. The largest absolute Gasteiger partial charge is 0.346 e. The molecule has 0 aliphatic heterocycles. The molecule has 0 saturated heterocycles. The maximum atomic E-state index is 11.9. The molecule has 6 nitrogen and oxygen atoms in total.